The molecule has 4 heteroatoms. The van der Waals surface area contributed by atoms with Crippen molar-refractivity contribution in [3.63, 3.8) is 0 Å². The minimum Gasteiger partial charge on any atom is -0.384 e. The first-order chi connectivity index (χ1) is 5.83. The topological polar surface area (TPSA) is 55.9 Å². The molecule has 1 aromatic rings. The Labute approximate surface area is 71.7 Å². The molecule has 1 aromatic heterocycles. The van der Waals surface area contributed by atoms with Crippen molar-refractivity contribution >= 4 is 5.82 Å². The van der Waals surface area contributed by atoms with Crippen molar-refractivity contribution in [3.05, 3.63) is 11.3 Å². The molecule has 1 aliphatic rings. The second kappa shape index (κ2) is 2.79. The number of nitrogens with one attached hydrogen (secondary N) is 1. The number of rotatable bonds is 1. The Balaban J connectivity index is 2.44. The van der Waals surface area contributed by atoms with Crippen LogP contribution in [-0.2, 0) is 19.5 Å². The van der Waals surface area contributed by atoms with Gasteiger partial charge in [0, 0.05) is 31.6 Å². The zero-order valence-corrected chi connectivity index (χ0v) is 7.30. The quantitative estimate of drug-likeness (QED) is 0.623. The molecular formula is C8H14N4. The van der Waals surface area contributed by atoms with Crippen molar-refractivity contribution in [1.82, 2.24) is 15.1 Å². The Hall–Kier alpha value is -1.03. The molecule has 0 saturated heterocycles. The van der Waals surface area contributed by atoms with Gasteiger partial charge in [-0.15, -0.1) is 0 Å². The summed E-state index contributed by atoms with van der Waals surface area (Å²) in [6.07, 6.45) is 1.01. The van der Waals surface area contributed by atoms with Crippen molar-refractivity contribution in [2.24, 2.45) is 0 Å². The number of aryl methyl sites for hydroxylation is 1. The molecule has 0 bridgehead atoms. The van der Waals surface area contributed by atoms with E-state index < -0.39 is 0 Å². The summed E-state index contributed by atoms with van der Waals surface area (Å²) in [6, 6.07) is 0. The molecule has 0 unspecified atom stereocenters. The van der Waals surface area contributed by atoms with Gasteiger partial charge in [0.2, 0.25) is 0 Å². The molecule has 0 spiro atoms. The summed E-state index contributed by atoms with van der Waals surface area (Å²) in [5.74, 6) is 0.833. The number of fused-ring (bicyclic) bond motifs is 1. The Kier molecular flexibility index (Phi) is 1.77. The van der Waals surface area contributed by atoms with E-state index in [0.717, 1.165) is 31.9 Å². The summed E-state index contributed by atoms with van der Waals surface area (Å²) >= 11 is 0. The Morgan fingerprint density at radius 1 is 1.67 bits per heavy atom. The van der Waals surface area contributed by atoms with E-state index in [-0.39, 0.29) is 0 Å². The first kappa shape index (κ1) is 7.61. The van der Waals surface area contributed by atoms with Crippen LogP contribution in [0.4, 0.5) is 5.82 Å². The Bertz CT molecular complexity index is 289. The lowest BCUT2D eigenvalue weighted by Gasteiger charge is -2.10. The fourth-order valence-corrected chi connectivity index (χ4v) is 1.62. The molecule has 1 aliphatic heterocycles. The van der Waals surface area contributed by atoms with Crippen LogP contribution < -0.4 is 11.1 Å². The molecule has 0 fully saturated rings. The number of nitrogens with two attached hydrogens (primary N) is 1. The summed E-state index contributed by atoms with van der Waals surface area (Å²) in [4.78, 5) is 0. The normalized spacial score (nSPS) is 16.1. The molecule has 4 nitrogen and oxygen atoms in total. The van der Waals surface area contributed by atoms with Gasteiger partial charge in [0.25, 0.3) is 0 Å². The van der Waals surface area contributed by atoms with Crippen LogP contribution in [0.3, 0.4) is 0 Å². The minimum absolute atomic E-state index is 0.833. The van der Waals surface area contributed by atoms with E-state index in [1.807, 2.05) is 4.68 Å². The van der Waals surface area contributed by atoms with Gasteiger partial charge in [-0.1, -0.05) is 0 Å². The summed E-state index contributed by atoms with van der Waals surface area (Å²) < 4.78 is 1.87. The van der Waals surface area contributed by atoms with Crippen LogP contribution in [0.5, 0.6) is 0 Å². The van der Waals surface area contributed by atoms with Crippen LogP contribution in [0, 0.1) is 0 Å². The molecule has 0 saturated carbocycles. The standard InChI is InChI=1S/C8H14N4/c1-2-12-8(9)6-5-10-4-3-7(6)11-12/h10H,2-5,9H2,1H3. The number of nitrogen functional groups attached to an aromatic ring is 1. The first-order valence-electron chi connectivity index (χ1n) is 4.37. The van der Waals surface area contributed by atoms with Crippen LogP contribution >= 0.6 is 0 Å². The zero-order valence-electron chi connectivity index (χ0n) is 7.30. The molecular weight excluding hydrogens is 152 g/mol. The first-order valence-corrected chi connectivity index (χ1v) is 4.37. The zero-order chi connectivity index (χ0) is 8.55. The maximum Gasteiger partial charge on any atom is 0.126 e. The predicted octanol–water partition coefficient (Wildman–Crippen LogP) is 0.131. The fraction of sp³-hybridized carbons (Fsp3) is 0.625. The third kappa shape index (κ3) is 0.992. The molecule has 0 aromatic carbocycles. The highest BCUT2D eigenvalue weighted by atomic mass is 15.3. The monoisotopic (exact) mass is 166 g/mol. The van der Waals surface area contributed by atoms with Gasteiger partial charge in [0.1, 0.15) is 5.82 Å². The number of hydrogen-bond acceptors (Lipinski definition) is 3. The van der Waals surface area contributed by atoms with Gasteiger partial charge in [-0.2, -0.15) is 5.10 Å². The maximum absolute atomic E-state index is 5.90. The average Bonchev–Trinajstić information content (AvgIpc) is 2.44. The smallest absolute Gasteiger partial charge is 0.126 e. The van der Waals surface area contributed by atoms with Crippen molar-refractivity contribution < 1.29 is 0 Å². The summed E-state index contributed by atoms with van der Waals surface area (Å²) in [5.41, 5.74) is 8.27. The van der Waals surface area contributed by atoms with E-state index in [2.05, 4.69) is 17.3 Å². The van der Waals surface area contributed by atoms with Crippen molar-refractivity contribution in [1.29, 1.82) is 0 Å². The molecule has 12 heavy (non-hydrogen) atoms. The summed E-state index contributed by atoms with van der Waals surface area (Å²) in [6.45, 7) is 4.81. The molecule has 0 radical (unpaired) electrons. The van der Waals surface area contributed by atoms with E-state index in [1.165, 1.54) is 11.3 Å². The number of nitrogens with zero attached hydrogens (tertiary/aromatic N) is 2. The fourth-order valence-electron chi connectivity index (χ4n) is 1.62. The molecule has 0 atom stereocenters. The van der Waals surface area contributed by atoms with E-state index >= 15 is 0 Å². The average molecular weight is 166 g/mol. The van der Waals surface area contributed by atoms with Crippen LogP contribution in [0.25, 0.3) is 0 Å². The van der Waals surface area contributed by atoms with Gasteiger partial charge >= 0.3 is 0 Å². The third-order valence-electron chi connectivity index (χ3n) is 2.32. The van der Waals surface area contributed by atoms with Crippen LogP contribution in [0.15, 0.2) is 0 Å². The summed E-state index contributed by atoms with van der Waals surface area (Å²) in [7, 11) is 0. The molecule has 0 amide bonds. The van der Waals surface area contributed by atoms with Crippen molar-refractivity contribution in [3.8, 4) is 0 Å². The highest BCUT2D eigenvalue weighted by Gasteiger charge is 2.16. The molecule has 66 valence electrons. The van der Waals surface area contributed by atoms with E-state index in [9.17, 15) is 0 Å². The van der Waals surface area contributed by atoms with Crippen LogP contribution in [-0.4, -0.2) is 16.3 Å². The van der Waals surface area contributed by atoms with Gasteiger partial charge in [0.15, 0.2) is 0 Å². The van der Waals surface area contributed by atoms with Gasteiger partial charge in [-0.25, -0.2) is 4.68 Å². The Morgan fingerprint density at radius 2 is 2.50 bits per heavy atom. The SMILES string of the molecule is CCn1nc2c(c1N)CNCC2. The second-order valence-corrected chi connectivity index (χ2v) is 3.05. The second-order valence-electron chi connectivity index (χ2n) is 3.05. The Morgan fingerprint density at radius 3 is 3.17 bits per heavy atom. The third-order valence-corrected chi connectivity index (χ3v) is 2.32. The number of anilines is 1. The van der Waals surface area contributed by atoms with Crippen LogP contribution in [0.1, 0.15) is 18.2 Å². The lowest BCUT2D eigenvalue weighted by Crippen LogP contribution is -2.23. The predicted molar refractivity (Wildman–Crippen MR) is 47.7 cm³/mol. The number of hydrogen-bond donors (Lipinski definition) is 2. The highest BCUT2D eigenvalue weighted by molar-refractivity contribution is 5.44. The van der Waals surface area contributed by atoms with Crippen molar-refractivity contribution in [2.45, 2.75) is 26.4 Å². The summed E-state index contributed by atoms with van der Waals surface area (Å²) in [5, 5.41) is 7.71. The van der Waals surface area contributed by atoms with E-state index in [0.29, 0.717) is 0 Å². The minimum atomic E-state index is 0.833. The largest absolute Gasteiger partial charge is 0.384 e. The molecule has 2 heterocycles. The maximum atomic E-state index is 5.90. The van der Waals surface area contributed by atoms with Gasteiger partial charge in [-0.3, -0.25) is 0 Å². The van der Waals surface area contributed by atoms with Gasteiger partial charge < -0.3 is 11.1 Å². The van der Waals surface area contributed by atoms with Crippen molar-refractivity contribution in [2.75, 3.05) is 12.3 Å². The van der Waals surface area contributed by atoms with E-state index in [1.54, 1.807) is 0 Å². The molecule has 3 N–H and O–H groups in total. The van der Waals surface area contributed by atoms with E-state index in [4.69, 9.17) is 5.73 Å². The molecule has 0 aliphatic carbocycles. The van der Waals surface area contributed by atoms with Crippen LogP contribution in [0.2, 0.25) is 0 Å². The van der Waals surface area contributed by atoms with Gasteiger partial charge in [-0.05, 0) is 6.92 Å². The van der Waals surface area contributed by atoms with Gasteiger partial charge in [0.05, 0.1) is 5.69 Å². The molecule has 2 rings (SSSR count). The number of aromatic nitrogens is 2. The lowest BCUT2D eigenvalue weighted by molar-refractivity contribution is 0.621. The lowest BCUT2D eigenvalue weighted by atomic mass is 10.1. The highest BCUT2D eigenvalue weighted by Crippen LogP contribution is 2.19.